The van der Waals surface area contributed by atoms with Crippen molar-refractivity contribution in [2.75, 3.05) is 13.2 Å². The number of guanidine groups is 1. The van der Waals surface area contributed by atoms with Gasteiger partial charge >= 0.3 is 18.1 Å². The van der Waals surface area contributed by atoms with Crippen LogP contribution in [-0.4, -0.2) is 56.7 Å². The predicted molar refractivity (Wildman–Crippen MR) is 133 cm³/mol. The highest BCUT2D eigenvalue weighted by atomic mass is 32.2. The number of halogens is 3. The number of para-hydroxylation sites is 1. The van der Waals surface area contributed by atoms with E-state index in [1.165, 1.54) is 42.5 Å². The molecule has 19 heteroatoms. The van der Waals surface area contributed by atoms with E-state index in [9.17, 15) is 41.3 Å². The summed E-state index contributed by atoms with van der Waals surface area (Å²) in [5, 5.41) is 14.6. The van der Waals surface area contributed by atoms with Crippen molar-refractivity contribution in [2.24, 2.45) is 16.6 Å². The van der Waals surface area contributed by atoms with Crippen molar-refractivity contribution in [2.45, 2.75) is 30.8 Å². The molecule has 0 spiro atoms. The monoisotopic (exact) mass is 607 g/mol. The Morgan fingerprint density at radius 2 is 1.71 bits per heavy atom. The highest BCUT2D eigenvalue weighted by molar-refractivity contribution is 7.88. The van der Waals surface area contributed by atoms with E-state index in [-0.39, 0.29) is 30.3 Å². The highest BCUT2D eigenvalue weighted by Crippen LogP contribution is 2.21. The fourth-order valence-electron chi connectivity index (χ4n) is 3.02. The Balaban J connectivity index is 2.14. The van der Waals surface area contributed by atoms with Crippen LogP contribution in [0.1, 0.15) is 17.5 Å². The fourth-order valence-corrected chi connectivity index (χ4v) is 4.37. The van der Waals surface area contributed by atoms with Crippen LogP contribution in [0.4, 0.5) is 18.9 Å². The molecule has 0 aliphatic heterocycles. The molecule has 0 fully saturated rings. The lowest BCUT2D eigenvalue weighted by molar-refractivity contribution is -0.385. The molecule has 0 amide bonds. The van der Waals surface area contributed by atoms with E-state index in [1.54, 1.807) is 0 Å². The van der Waals surface area contributed by atoms with Gasteiger partial charge in [-0.05, 0) is 29.3 Å². The van der Waals surface area contributed by atoms with Gasteiger partial charge in [-0.15, -0.1) is 0 Å². The summed E-state index contributed by atoms with van der Waals surface area (Å²) in [6.45, 7) is 0.356. The van der Waals surface area contributed by atoms with Gasteiger partial charge in [-0.2, -0.15) is 13.2 Å². The van der Waals surface area contributed by atoms with Crippen LogP contribution in [0, 0.1) is 10.1 Å². The molecule has 0 aliphatic carbocycles. The summed E-state index contributed by atoms with van der Waals surface area (Å²) in [5.74, 6) is -5.38. The van der Waals surface area contributed by atoms with Crippen molar-refractivity contribution in [3.63, 3.8) is 0 Å². The number of oxime groups is 1. The summed E-state index contributed by atoms with van der Waals surface area (Å²) in [6.07, 6.45) is -5.57. The minimum absolute atomic E-state index is 0.158. The van der Waals surface area contributed by atoms with Crippen molar-refractivity contribution in [3.05, 3.63) is 69.8 Å². The number of nitro groups is 1. The number of hydrogen-bond donors (Lipinski definition) is 3. The molecule has 224 valence electrons. The lowest BCUT2D eigenvalue weighted by atomic mass is 10.1. The number of nitro benzene ring substituents is 1. The molecule has 0 unspecified atom stereocenters. The Kier molecular flexibility index (Phi) is 11.6. The predicted octanol–water partition coefficient (Wildman–Crippen LogP) is 1.16. The van der Waals surface area contributed by atoms with Gasteiger partial charge in [0.1, 0.15) is 18.4 Å². The quantitative estimate of drug-likeness (QED) is 0.0687. The first kappa shape index (κ1) is 32.6. The molecule has 0 saturated carbocycles. The van der Waals surface area contributed by atoms with Crippen LogP contribution in [-0.2, 0) is 46.4 Å². The Morgan fingerprint density at radius 3 is 2.32 bits per heavy atom. The van der Waals surface area contributed by atoms with Gasteiger partial charge < -0.3 is 21.0 Å². The van der Waals surface area contributed by atoms with Crippen LogP contribution >= 0.6 is 0 Å². The summed E-state index contributed by atoms with van der Waals surface area (Å²) in [5.41, 5.74) is 9.76. The maximum atomic E-state index is 12.8. The third-order valence-corrected chi connectivity index (χ3v) is 6.09. The van der Waals surface area contributed by atoms with Crippen LogP contribution in [0.15, 0.2) is 53.7 Å². The van der Waals surface area contributed by atoms with Crippen LogP contribution in [0.2, 0.25) is 0 Å². The van der Waals surface area contributed by atoms with Gasteiger partial charge in [0.05, 0.1) is 17.3 Å². The standard InChI is InChI=1S/C22H24F3N5O10S/c23-22(24,25)20(32)40-39-19(31)17(29-41(35,36)13-15-4-1-2-5-18(15)30(33)34)12-14-6-8-16(9-7-14)37-10-3-11-38-28-21(26)27/h1-2,4-9,17,29H,3,10-13H2,(H4,26,27,28)/t17-/m0/s1. The number of benzene rings is 2. The summed E-state index contributed by atoms with van der Waals surface area (Å²) >= 11 is 0. The van der Waals surface area contributed by atoms with Gasteiger partial charge in [-0.25, -0.2) is 32.5 Å². The number of hydrogen-bond acceptors (Lipinski definition) is 11. The van der Waals surface area contributed by atoms with Crippen molar-refractivity contribution >= 4 is 33.6 Å². The molecule has 0 heterocycles. The molecule has 2 rings (SSSR count). The van der Waals surface area contributed by atoms with E-state index in [2.05, 4.69) is 14.9 Å². The minimum atomic E-state index is -5.49. The second-order valence-electron chi connectivity index (χ2n) is 7.99. The zero-order chi connectivity index (χ0) is 30.6. The van der Waals surface area contributed by atoms with Crippen LogP contribution in [0.25, 0.3) is 0 Å². The smallest absolute Gasteiger partial charge is 0.493 e. The third kappa shape index (κ3) is 11.5. The fraction of sp³-hybridized carbons (Fsp3) is 0.318. The SMILES string of the molecule is NC(N)=NOCCCOc1ccc(C[C@H](NS(=O)(=O)Cc2ccccc2[N+](=O)[O-])C(=O)OOC(=O)C(F)(F)F)cc1. The highest BCUT2D eigenvalue weighted by Gasteiger charge is 2.43. The van der Waals surface area contributed by atoms with E-state index in [1.807, 2.05) is 4.72 Å². The van der Waals surface area contributed by atoms with E-state index in [4.69, 9.17) is 21.0 Å². The molecule has 0 radical (unpaired) electrons. The van der Waals surface area contributed by atoms with Gasteiger partial charge in [-0.3, -0.25) is 10.1 Å². The first-order valence-corrected chi connectivity index (χ1v) is 13.0. The second-order valence-corrected chi connectivity index (χ2v) is 9.74. The lowest BCUT2D eigenvalue weighted by Gasteiger charge is -2.17. The van der Waals surface area contributed by atoms with E-state index >= 15 is 0 Å². The van der Waals surface area contributed by atoms with Gasteiger partial charge in [0, 0.05) is 18.1 Å². The molecule has 15 nitrogen and oxygen atoms in total. The number of alkyl halides is 3. The Labute approximate surface area is 230 Å². The maximum absolute atomic E-state index is 12.8. The summed E-state index contributed by atoms with van der Waals surface area (Å²) in [7, 11) is -4.53. The zero-order valence-corrected chi connectivity index (χ0v) is 21.7. The molecule has 0 aliphatic rings. The molecule has 0 bridgehead atoms. The normalized spacial score (nSPS) is 12.1. The van der Waals surface area contributed by atoms with Crippen LogP contribution < -0.4 is 20.9 Å². The Bertz CT molecular complexity index is 1350. The molecule has 5 N–H and O–H groups in total. The number of carbonyl (C=O) groups excluding carboxylic acids is 2. The van der Waals surface area contributed by atoms with Gasteiger partial charge in [0.2, 0.25) is 16.0 Å². The maximum Gasteiger partial charge on any atom is 0.495 e. The number of carbonyl (C=O) groups is 2. The molecule has 1 atom stereocenters. The molecule has 2 aromatic rings. The molecule has 2 aromatic carbocycles. The summed E-state index contributed by atoms with van der Waals surface area (Å²) < 4.78 is 70.2. The van der Waals surface area contributed by atoms with Crippen molar-refractivity contribution < 1.29 is 55.5 Å². The van der Waals surface area contributed by atoms with Gasteiger partial charge in [-0.1, -0.05) is 30.3 Å². The summed E-state index contributed by atoms with van der Waals surface area (Å²) in [6, 6.07) is 8.75. The van der Waals surface area contributed by atoms with Crippen molar-refractivity contribution in [1.82, 2.24) is 4.72 Å². The molecular weight excluding hydrogens is 583 g/mol. The van der Waals surface area contributed by atoms with Crippen molar-refractivity contribution in [3.8, 4) is 5.75 Å². The molecule has 0 aromatic heterocycles. The van der Waals surface area contributed by atoms with Crippen LogP contribution in [0.3, 0.4) is 0 Å². The molecule has 0 saturated heterocycles. The summed E-state index contributed by atoms with van der Waals surface area (Å²) in [4.78, 5) is 46.0. The first-order valence-electron chi connectivity index (χ1n) is 11.3. The Hall–Kier alpha value is -4.65. The molecular formula is C22H24F3N5O10S. The van der Waals surface area contributed by atoms with E-state index in [0.717, 1.165) is 6.07 Å². The average Bonchev–Trinajstić information content (AvgIpc) is 2.88. The Morgan fingerprint density at radius 1 is 1.05 bits per heavy atom. The topological polar surface area (TPSA) is 225 Å². The largest absolute Gasteiger partial charge is 0.495 e. The minimum Gasteiger partial charge on any atom is -0.493 e. The van der Waals surface area contributed by atoms with E-state index < -0.39 is 57.0 Å². The number of ether oxygens (including phenoxy) is 1. The zero-order valence-electron chi connectivity index (χ0n) is 20.9. The van der Waals surface area contributed by atoms with Gasteiger partial charge in [0.15, 0.2) is 0 Å². The van der Waals surface area contributed by atoms with Crippen LogP contribution in [0.5, 0.6) is 5.75 Å². The number of rotatable bonds is 14. The number of nitrogens with zero attached hydrogens (tertiary/aromatic N) is 2. The van der Waals surface area contributed by atoms with E-state index in [0.29, 0.717) is 12.2 Å². The average molecular weight is 608 g/mol. The number of nitrogens with two attached hydrogens (primary N) is 2. The lowest BCUT2D eigenvalue weighted by Crippen LogP contribution is -2.44. The van der Waals surface area contributed by atoms with Crippen molar-refractivity contribution in [1.29, 1.82) is 0 Å². The number of nitrogens with one attached hydrogen (secondary N) is 1. The third-order valence-electron chi connectivity index (χ3n) is 4.75. The molecule has 41 heavy (non-hydrogen) atoms. The first-order chi connectivity index (χ1) is 19.2. The second kappa shape index (κ2) is 14.7. The van der Waals surface area contributed by atoms with Gasteiger partial charge in [0.25, 0.3) is 5.69 Å². The number of sulfonamides is 1.